The molecule has 3 rings (SSSR count). The molecular formula is C19H19F2NOS2. The maximum absolute atomic E-state index is 14.0. The van der Waals surface area contributed by atoms with Gasteiger partial charge in [-0.25, -0.2) is 8.78 Å². The minimum atomic E-state index is -0.278. The van der Waals surface area contributed by atoms with Gasteiger partial charge in [-0.15, -0.1) is 11.8 Å². The van der Waals surface area contributed by atoms with E-state index in [-0.39, 0.29) is 22.8 Å². The van der Waals surface area contributed by atoms with Crippen molar-refractivity contribution in [3.63, 3.8) is 0 Å². The second kappa shape index (κ2) is 8.72. The summed E-state index contributed by atoms with van der Waals surface area (Å²) >= 11 is 3.12. The number of benzene rings is 2. The Morgan fingerprint density at radius 3 is 2.64 bits per heavy atom. The van der Waals surface area contributed by atoms with E-state index in [9.17, 15) is 13.6 Å². The number of rotatable bonds is 4. The van der Waals surface area contributed by atoms with Crippen LogP contribution >= 0.6 is 23.5 Å². The van der Waals surface area contributed by atoms with Crippen molar-refractivity contribution in [2.24, 2.45) is 0 Å². The van der Waals surface area contributed by atoms with Crippen LogP contribution in [0.3, 0.4) is 0 Å². The molecule has 132 valence electrons. The molecule has 0 spiro atoms. The van der Waals surface area contributed by atoms with E-state index in [0.29, 0.717) is 18.8 Å². The smallest absolute Gasteiger partial charge is 0.232 e. The van der Waals surface area contributed by atoms with Crippen LogP contribution in [0.4, 0.5) is 8.78 Å². The van der Waals surface area contributed by atoms with Crippen molar-refractivity contribution in [2.45, 2.75) is 16.6 Å². The van der Waals surface area contributed by atoms with Crippen LogP contribution in [0.15, 0.2) is 53.4 Å². The number of halogens is 2. The molecule has 1 fully saturated rings. The first-order chi connectivity index (χ1) is 12.1. The van der Waals surface area contributed by atoms with E-state index in [1.54, 1.807) is 30.0 Å². The first kappa shape index (κ1) is 18.3. The molecule has 1 aliphatic rings. The van der Waals surface area contributed by atoms with Crippen LogP contribution in [0.5, 0.6) is 0 Å². The third-order valence-electron chi connectivity index (χ3n) is 4.12. The van der Waals surface area contributed by atoms with E-state index < -0.39 is 0 Å². The Bertz CT molecular complexity index is 724. The van der Waals surface area contributed by atoms with Crippen LogP contribution in [0.1, 0.15) is 17.2 Å². The van der Waals surface area contributed by atoms with Gasteiger partial charge in [0.05, 0.1) is 5.75 Å². The molecule has 0 aliphatic carbocycles. The quantitative estimate of drug-likeness (QED) is 0.714. The van der Waals surface area contributed by atoms with Crippen LogP contribution in [0.2, 0.25) is 0 Å². The molecule has 1 amide bonds. The lowest BCUT2D eigenvalue weighted by Gasteiger charge is -2.20. The fourth-order valence-electron chi connectivity index (χ4n) is 2.77. The third-order valence-corrected chi connectivity index (χ3v) is 6.43. The monoisotopic (exact) mass is 379 g/mol. The molecule has 1 aliphatic heterocycles. The molecule has 6 heteroatoms. The van der Waals surface area contributed by atoms with E-state index in [4.69, 9.17) is 0 Å². The Morgan fingerprint density at radius 1 is 1.12 bits per heavy atom. The van der Waals surface area contributed by atoms with Crippen molar-refractivity contribution in [3.05, 3.63) is 65.7 Å². The summed E-state index contributed by atoms with van der Waals surface area (Å²) in [6.45, 7) is 1.31. The zero-order valence-corrected chi connectivity index (χ0v) is 15.3. The summed E-state index contributed by atoms with van der Waals surface area (Å²) in [4.78, 5) is 15.2. The van der Waals surface area contributed by atoms with Crippen molar-refractivity contribution in [3.8, 4) is 0 Å². The normalized spacial score (nSPS) is 18.0. The van der Waals surface area contributed by atoms with Gasteiger partial charge in [-0.2, -0.15) is 11.8 Å². The molecule has 2 aromatic rings. The summed E-state index contributed by atoms with van der Waals surface area (Å²) < 4.78 is 26.9. The van der Waals surface area contributed by atoms with Gasteiger partial charge in [-0.1, -0.05) is 18.2 Å². The summed E-state index contributed by atoms with van der Waals surface area (Å²) in [6, 6.07) is 13.0. The second-order valence-electron chi connectivity index (χ2n) is 5.79. The highest BCUT2D eigenvalue weighted by molar-refractivity contribution is 8.00. The number of hydrogen-bond acceptors (Lipinski definition) is 3. The standard InChI is InChI=1S/C19H19F2NOS2/c20-14-5-7-15(8-6-14)25-13-19(23)22-10-9-18(24-12-11-22)16-3-1-2-4-17(16)21/h1-8,18H,9-13H2. The van der Waals surface area contributed by atoms with Gasteiger partial charge in [0.2, 0.25) is 5.91 Å². The van der Waals surface area contributed by atoms with Crippen molar-refractivity contribution < 1.29 is 13.6 Å². The lowest BCUT2D eigenvalue weighted by atomic mass is 10.1. The van der Waals surface area contributed by atoms with Gasteiger partial charge >= 0.3 is 0 Å². The van der Waals surface area contributed by atoms with Gasteiger partial charge in [-0.3, -0.25) is 4.79 Å². The summed E-state index contributed by atoms with van der Waals surface area (Å²) in [5.74, 6) is 0.752. The van der Waals surface area contributed by atoms with Crippen LogP contribution in [-0.4, -0.2) is 35.4 Å². The first-order valence-corrected chi connectivity index (χ1v) is 10.2. The number of hydrogen-bond donors (Lipinski definition) is 0. The highest BCUT2D eigenvalue weighted by Crippen LogP contribution is 2.35. The summed E-state index contributed by atoms with van der Waals surface area (Å²) in [6.07, 6.45) is 0.749. The average Bonchev–Trinajstić information content (AvgIpc) is 2.87. The second-order valence-corrected chi connectivity index (χ2v) is 8.15. The SMILES string of the molecule is O=C(CSc1ccc(F)cc1)N1CCSC(c2ccccc2F)CC1. The Morgan fingerprint density at radius 2 is 1.88 bits per heavy atom. The number of thioether (sulfide) groups is 2. The van der Waals surface area contributed by atoms with Crippen LogP contribution in [0.25, 0.3) is 0 Å². The number of nitrogens with zero attached hydrogens (tertiary/aromatic N) is 1. The van der Waals surface area contributed by atoms with Crippen LogP contribution in [0, 0.1) is 11.6 Å². The molecule has 0 saturated carbocycles. The maximum atomic E-state index is 14.0. The van der Waals surface area contributed by atoms with E-state index >= 15 is 0 Å². The van der Waals surface area contributed by atoms with Gasteiger partial charge in [0.1, 0.15) is 11.6 Å². The van der Waals surface area contributed by atoms with Crippen LogP contribution in [-0.2, 0) is 4.79 Å². The fourth-order valence-corrected chi connectivity index (χ4v) is 4.83. The van der Waals surface area contributed by atoms with Crippen molar-refractivity contribution in [1.29, 1.82) is 0 Å². The molecule has 0 N–H and O–H groups in total. The number of carbonyl (C=O) groups is 1. The molecule has 0 aromatic heterocycles. The van der Waals surface area contributed by atoms with Crippen molar-refractivity contribution in [1.82, 2.24) is 4.90 Å². The highest BCUT2D eigenvalue weighted by Gasteiger charge is 2.23. The first-order valence-electron chi connectivity index (χ1n) is 8.15. The lowest BCUT2D eigenvalue weighted by molar-refractivity contribution is -0.128. The predicted octanol–water partition coefficient (Wildman–Crippen LogP) is 4.76. The highest BCUT2D eigenvalue weighted by atomic mass is 32.2. The summed E-state index contributed by atoms with van der Waals surface area (Å²) in [5, 5.41) is 0.0868. The molecule has 25 heavy (non-hydrogen) atoms. The van der Waals surface area contributed by atoms with Crippen LogP contribution < -0.4 is 0 Å². The van der Waals surface area contributed by atoms with E-state index in [1.807, 2.05) is 17.0 Å². The van der Waals surface area contributed by atoms with Gasteiger partial charge in [0.15, 0.2) is 0 Å². The predicted molar refractivity (Wildman–Crippen MR) is 99.9 cm³/mol. The Kier molecular flexibility index (Phi) is 6.37. The average molecular weight is 379 g/mol. The van der Waals surface area contributed by atoms with Crippen molar-refractivity contribution >= 4 is 29.4 Å². The maximum Gasteiger partial charge on any atom is 0.232 e. The van der Waals surface area contributed by atoms with Gasteiger partial charge in [-0.05, 0) is 36.8 Å². The third kappa shape index (κ3) is 4.98. The zero-order valence-electron chi connectivity index (χ0n) is 13.7. The number of amides is 1. The van der Waals surface area contributed by atoms with E-state index in [1.165, 1.54) is 30.0 Å². The molecular weight excluding hydrogens is 360 g/mol. The van der Waals surface area contributed by atoms with Crippen molar-refractivity contribution in [2.75, 3.05) is 24.6 Å². The summed E-state index contributed by atoms with van der Waals surface area (Å²) in [7, 11) is 0. The molecule has 0 bridgehead atoms. The van der Waals surface area contributed by atoms with Gasteiger partial charge in [0.25, 0.3) is 0 Å². The lowest BCUT2D eigenvalue weighted by Crippen LogP contribution is -2.34. The molecule has 0 radical (unpaired) electrons. The Hall–Kier alpha value is -1.53. The molecule has 1 saturated heterocycles. The largest absolute Gasteiger partial charge is 0.341 e. The summed E-state index contributed by atoms with van der Waals surface area (Å²) in [5.41, 5.74) is 0.725. The minimum Gasteiger partial charge on any atom is -0.341 e. The number of carbonyl (C=O) groups excluding carboxylic acids is 1. The van der Waals surface area contributed by atoms with E-state index in [0.717, 1.165) is 22.6 Å². The molecule has 1 atom stereocenters. The Labute approximate surface area is 155 Å². The van der Waals surface area contributed by atoms with Gasteiger partial charge < -0.3 is 4.90 Å². The topological polar surface area (TPSA) is 20.3 Å². The molecule has 1 heterocycles. The zero-order chi connectivity index (χ0) is 17.6. The molecule has 2 nitrogen and oxygen atoms in total. The molecule has 1 unspecified atom stereocenters. The minimum absolute atomic E-state index is 0.0732. The van der Waals surface area contributed by atoms with Gasteiger partial charge in [0, 0.05) is 34.6 Å². The Balaban J connectivity index is 1.54. The van der Waals surface area contributed by atoms with E-state index in [2.05, 4.69) is 0 Å². The molecule has 2 aromatic carbocycles. The fraction of sp³-hybridized carbons (Fsp3) is 0.316.